The van der Waals surface area contributed by atoms with Gasteiger partial charge in [0.15, 0.2) is 0 Å². The maximum absolute atomic E-state index is 11.4. The highest BCUT2D eigenvalue weighted by molar-refractivity contribution is 5.97. The molecule has 1 aromatic heterocycles. The first-order valence-corrected chi connectivity index (χ1v) is 8.68. The fraction of sp³-hybridized carbons (Fsp3) is 0.444. The molecule has 4 rings (SSSR count). The third kappa shape index (κ3) is 2.95. The molecule has 0 radical (unpaired) electrons. The number of primary amides is 1. The molecule has 2 aliphatic rings. The van der Waals surface area contributed by atoms with Crippen molar-refractivity contribution in [2.75, 3.05) is 25.0 Å². The number of carbonyl (C=O) groups is 1. The van der Waals surface area contributed by atoms with Gasteiger partial charge in [0.1, 0.15) is 17.1 Å². The van der Waals surface area contributed by atoms with E-state index in [4.69, 9.17) is 10.5 Å². The molecule has 0 saturated heterocycles. The summed E-state index contributed by atoms with van der Waals surface area (Å²) in [6.45, 7) is 5.26. The second-order valence-electron chi connectivity index (χ2n) is 6.79. The van der Waals surface area contributed by atoms with E-state index in [1.807, 2.05) is 4.68 Å². The van der Waals surface area contributed by atoms with Gasteiger partial charge in [-0.2, -0.15) is 5.10 Å². The summed E-state index contributed by atoms with van der Waals surface area (Å²) in [5.74, 6) is 1.70. The molecule has 2 aliphatic heterocycles. The number of nitrogens with one attached hydrogen (secondary N) is 2. The van der Waals surface area contributed by atoms with Gasteiger partial charge in [0, 0.05) is 43.6 Å². The SMILES string of the molecule is Cc1cccc2c1OCC[C@@H]2NC[C@@H]1CNc2c(C(N)=O)cnn2C1. The average molecular weight is 341 g/mol. The lowest BCUT2D eigenvalue weighted by Gasteiger charge is -2.31. The van der Waals surface area contributed by atoms with Crippen LogP contribution in [0.3, 0.4) is 0 Å². The Morgan fingerprint density at radius 1 is 1.52 bits per heavy atom. The Morgan fingerprint density at radius 2 is 2.40 bits per heavy atom. The van der Waals surface area contributed by atoms with E-state index >= 15 is 0 Å². The number of amides is 1. The monoisotopic (exact) mass is 341 g/mol. The number of nitrogens with zero attached hydrogens (tertiary/aromatic N) is 2. The van der Waals surface area contributed by atoms with Gasteiger partial charge in [-0.25, -0.2) is 4.68 Å². The molecule has 0 fully saturated rings. The molecular weight excluding hydrogens is 318 g/mol. The Kier molecular flexibility index (Phi) is 4.09. The van der Waals surface area contributed by atoms with Gasteiger partial charge in [-0.1, -0.05) is 18.2 Å². The highest BCUT2D eigenvalue weighted by atomic mass is 16.5. The number of fused-ring (bicyclic) bond motifs is 2. The minimum Gasteiger partial charge on any atom is -0.493 e. The number of aryl methyl sites for hydroxylation is 1. The van der Waals surface area contributed by atoms with Crippen LogP contribution in [-0.4, -0.2) is 35.4 Å². The van der Waals surface area contributed by atoms with Crippen LogP contribution in [0.2, 0.25) is 0 Å². The first-order chi connectivity index (χ1) is 12.1. The molecule has 0 unspecified atom stereocenters. The second kappa shape index (κ2) is 6.40. The minimum atomic E-state index is -0.445. The first-order valence-electron chi connectivity index (χ1n) is 8.68. The lowest BCUT2D eigenvalue weighted by Crippen LogP contribution is -2.38. The number of hydrogen-bond acceptors (Lipinski definition) is 5. The number of carbonyl (C=O) groups excluding carboxylic acids is 1. The van der Waals surface area contributed by atoms with Crippen LogP contribution in [0.4, 0.5) is 5.82 Å². The van der Waals surface area contributed by atoms with Crippen molar-refractivity contribution in [1.82, 2.24) is 15.1 Å². The number of hydrogen-bond donors (Lipinski definition) is 3. The lowest BCUT2D eigenvalue weighted by molar-refractivity contribution is 0.100. The van der Waals surface area contributed by atoms with E-state index in [0.29, 0.717) is 17.5 Å². The molecular formula is C18H23N5O2. The number of rotatable bonds is 4. The largest absolute Gasteiger partial charge is 0.493 e. The fourth-order valence-corrected chi connectivity index (χ4v) is 3.68. The van der Waals surface area contributed by atoms with Crippen molar-refractivity contribution < 1.29 is 9.53 Å². The summed E-state index contributed by atoms with van der Waals surface area (Å²) >= 11 is 0. The molecule has 0 saturated carbocycles. The molecule has 132 valence electrons. The lowest BCUT2D eigenvalue weighted by atomic mass is 9.97. The molecule has 0 spiro atoms. The zero-order chi connectivity index (χ0) is 17.4. The summed E-state index contributed by atoms with van der Waals surface area (Å²) in [6.07, 6.45) is 2.51. The van der Waals surface area contributed by atoms with Gasteiger partial charge < -0.3 is 21.1 Å². The molecule has 2 atom stereocenters. The molecule has 0 bridgehead atoms. The van der Waals surface area contributed by atoms with Crippen LogP contribution in [0.1, 0.15) is 33.9 Å². The standard InChI is InChI=1S/C18H23N5O2/c1-11-3-2-4-13-15(5-6-25-16(11)13)20-7-12-8-21-18-14(17(19)24)9-22-23(18)10-12/h2-4,9,12,15,20-21H,5-8,10H2,1H3,(H2,19,24)/t12-,15+/m1/s1. The van der Waals surface area contributed by atoms with Crippen LogP contribution in [-0.2, 0) is 6.54 Å². The highest BCUT2D eigenvalue weighted by Crippen LogP contribution is 2.34. The Balaban J connectivity index is 1.42. The van der Waals surface area contributed by atoms with Gasteiger partial charge in [0.2, 0.25) is 0 Å². The van der Waals surface area contributed by atoms with Crippen molar-refractivity contribution in [3.05, 3.63) is 41.1 Å². The quantitative estimate of drug-likeness (QED) is 0.782. The summed E-state index contributed by atoms with van der Waals surface area (Å²) in [4.78, 5) is 11.4. The van der Waals surface area contributed by atoms with Crippen LogP contribution in [0.5, 0.6) is 5.75 Å². The Morgan fingerprint density at radius 3 is 3.24 bits per heavy atom. The van der Waals surface area contributed by atoms with Crippen LogP contribution in [0.15, 0.2) is 24.4 Å². The van der Waals surface area contributed by atoms with Gasteiger partial charge >= 0.3 is 0 Å². The van der Waals surface area contributed by atoms with Gasteiger partial charge in [-0.15, -0.1) is 0 Å². The molecule has 3 heterocycles. The van der Waals surface area contributed by atoms with Crippen LogP contribution in [0.25, 0.3) is 0 Å². The molecule has 25 heavy (non-hydrogen) atoms. The van der Waals surface area contributed by atoms with Crippen molar-refractivity contribution >= 4 is 11.7 Å². The fourth-order valence-electron chi connectivity index (χ4n) is 3.68. The summed E-state index contributed by atoms with van der Waals surface area (Å²) in [7, 11) is 0. The van der Waals surface area contributed by atoms with E-state index in [0.717, 1.165) is 44.2 Å². The Hall–Kier alpha value is -2.54. The van der Waals surface area contributed by atoms with Crippen LogP contribution in [0, 0.1) is 12.8 Å². The minimum absolute atomic E-state index is 0.309. The second-order valence-corrected chi connectivity index (χ2v) is 6.79. The van der Waals surface area contributed by atoms with Gasteiger partial charge in [-0.3, -0.25) is 4.79 Å². The number of benzene rings is 1. The number of ether oxygens (including phenoxy) is 1. The van der Waals surface area contributed by atoms with Crippen molar-refractivity contribution in [2.45, 2.75) is 25.9 Å². The molecule has 7 nitrogen and oxygen atoms in total. The third-order valence-electron chi connectivity index (χ3n) is 5.02. The Bertz CT molecular complexity index is 801. The first kappa shape index (κ1) is 16.0. The van der Waals surface area contributed by atoms with Crippen molar-refractivity contribution in [2.24, 2.45) is 11.7 Å². The smallest absolute Gasteiger partial charge is 0.254 e. The van der Waals surface area contributed by atoms with E-state index in [2.05, 4.69) is 40.9 Å². The van der Waals surface area contributed by atoms with Crippen LogP contribution >= 0.6 is 0 Å². The number of nitrogens with two attached hydrogens (primary N) is 1. The van der Waals surface area contributed by atoms with Crippen molar-refractivity contribution in [3.63, 3.8) is 0 Å². The zero-order valence-corrected chi connectivity index (χ0v) is 14.3. The van der Waals surface area contributed by atoms with E-state index in [1.165, 1.54) is 17.3 Å². The summed E-state index contributed by atoms with van der Waals surface area (Å²) < 4.78 is 7.67. The van der Waals surface area contributed by atoms with Gasteiger partial charge in [0.05, 0.1) is 12.8 Å². The van der Waals surface area contributed by atoms with E-state index in [1.54, 1.807) is 0 Å². The highest BCUT2D eigenvalue weighted by Gasteiger charge is 2.26. The summed E-state index contributed by atoms with van der Waals surface area (Å²) in [6, 6.07) is 6.62. The maximum atomic E-state index is 11.4. The summed E-state index contributed by atoms with van der Waals surface area (Å²) in [5.41, 5.74) is 8.26. The third-order valence-corrected chi connectivity index (χ3v) is 5.02. The molecule has 1 aromatic carbocycles. The molecule has 2 aromatic rings. The van der Waals surface area contributed by atoms with Gasteiger partial charge in [-0.05, 0) is 12.5 Å². The molecule has 4 N–H and O–H groups in total. The van der Waals surface area contributed by atoms with E-state index < -0.39 is 5.91 Å². The van der Waals surface area contributed by atoms with E-state index in [9.17, 15) is 4.79 Å². The summed E-state index contributed by atoms with van der Waals surface area (Å²) in [5, 5.41) is 11.3. The molecule has 0 aliphatic carbocycles. The van der Waals surface area contributed by atoms with Crippen molar-refractivity contribution in [1.29, 1.82) is 0 Å². The Labute approximate surface area is 146 Å². The number of para-hydroxylation sites is 1. The van der Waals surface area contributed by atoms with Crippen LogP contribution < -0.4 is 21.1 Å². The molecule has 1 amide bonds. The van der Waals surface area contributed by atoms with E-state index in [-0.39, 0.29) is 0 Å². The number of aromatic nitrogens is 2. The van der Waals surface area contributed by atoms with Gasteiger partial charge in [0.25, 0.3) is 5.91 Å². The maximum Gasteiger partial charge on any atom is 0.254 e. The van der Waals surface area contributed by atoms with Crippen molar-refractivity contribution in [3.8, 4) is 5.75 Å². The average Bonchev–Trinajstić information content (AvgIpc) is 3.04. The molecule has 7 heteroatoms. The zero-order valence-electron chi connectivity index (χ0n) is 14.3. The normalized spacial score (nSPS) is 21.6. The number of anilines is 1. The predicted octanol–water partition coefficient (Wildman–Crippen LogP) is 1.45. The predicted molar refractivity (Wildman–Crippen MR) is 94.8 cm³/mol. The topological polar surface area (TPSA) is 94.2 Å².